The molecule has 5 rings (SSSR count). The number of esters is 1. The van der Waals surface area contributed by atoms with Crippen LogP contribution < -0.4 is 22.0 Å². The highest BCUT2D eigenvalue weighted by atomic mass is 35.5. The van der Waals surface area contributed by atoms with E-state index in [0.29, 0.717) is 28.0 Å². The lowest BCUT2D eigenvalue weighted by atomic mass is 10.00. The SMILES string of the molecule is CCOC(=O)C1C(C)NNC1n1ccc2nc3ccn(Cc4ccccc4Cl)c(=O)c3cc2c1=O. The highest BCUT2D eigenvalue weighted by Gasteiger charge is 2.41. The van der Waals surface area contributed by atoms with Gasteiger partial charge in [-0.25, -0.2) is 10.4 Å². The summed E-state index contributed by atoms with van der Waals surface area (Å²) in [6.45, 7) is 4.13. The first kappa shape index (κ1) is 23.2. The number of benzene rings is 1. The predicted molar refractivity (Wildman–Crippen MR) is 133 cm³/mol. The standard InChI is InChI=1S/C25H24ClN5O4/c1-3-35-25(34)21-14(2)28-29-22(21)31-11-9-20-17(24(31)33)12-16-19(27-20)8-10-30(23(16)32)13-15-6-4-5-7-18(15)26/h4-12,14,21-22,28-29H,3,13H2,1-2H3. The van der Waals surface area contributed by atoms with Crippen molar-refractivity contribution in [2.24, 2.45) is 5.92 Å². The minimum absolute atomic E-state index is 0.242. The first-order valence-electron chi connectivity index (χ1n) is 11.3. The van der Waals surface area contributed by atoms with Crippen LogP contribution in [-0.2, 0) is 16.1 Å². The molecule has 0 radical (unpaired) electrons. The van der Waals surface area contributed by atoms with Gasteiger partial charge in [-0.2, -0.15) is 0 Å². The van der Waals surface area contributed by atoms with E-state index < -0.39 is 18.1 Å². The van der Waals surface area contributed by atoms with Crippen molar-refractivity contribution in [3.63, 3.8) is 0 Å². The van der Waals surface area contributed by atoms with Crippen molar-refractivity contribution in [3.05, 3.63) is 86.2 Å². The average Bonchev–Trinajstić information content (AvgIpc) is 3.23. The summed E-state index contributed by atoms with van der Waals surface area (Å²) < 4.78 is 8.20. The molecule has 1 aromatic carbocycles. The van der Waals surface area contributed by atoms with Gasteiger partial charge in [0.1, 0.15) is 12.1 Å². The lowest BCUT2D eigenvalue weighted by molar-refractivity contribution is -0.149. The van der Waals surface area contributed by atoms with Gasteiger partial charge < -0.3 is 9.30 Å². The molecule has 3 atom stereocenters. The third-order valence-electron chi connectivity index (χ3n) is 6.34. The van der Waals surface area contributed by atoms with E-state index in [1.54, 1.807) is 48.1 Å². The van der Waals surface area contributed by atoms with E-state index in [0.717, 1.165) is 5.56 Å². The second kappa shape index (κ2) is 9.26. The Bertz CT molecular complexity index is 1560. The van der Waals surface area contributed by atoms with E-state index in [4.69, 9.17) is 16.3 Å². The van der Waals surface area contributed by atoms with Crippen LogP contribution in [0.1, 0.15) is 25.6 Å². The van der Waals surface area contributed by atoms with Gasteiger partial charge in [0.2, 0.25) is 0 Å². The summed E-state index contributed by atoms with van der Waals surface area (Å²) in [5.74, 6) is -1.00. The molecule has 4 heterocycles. The summed E-state index contributed by atoms with van der Waals surface area (Å²) in [6.07, 6.45) is 2.63. The number of carbonyl (C=O) groups is 1. The van der Waals surface area contributed by atoms with Gasteiger partial charge in [-0.1, -0.05) is 29.8 Å². The van der Waals surface area contributed by atoms with E-state index in [1.165, 1.54) is 4.57 Å². The monoisotopic (exact) mass is 493 g/mol. The number of halogens is 1. The Labute approximate surface area is 205 Å². The highest BCUT2D eigenvalue weighted by molar-refractivity contribution is 6.31. The molecule has 3 unspecified atom stereocenters. The summed E-state index contributed by atoms with van der Waals surface area (Å²) in [5, 5.41) is 1.19. The fourth-order valence-corrected chi connectivity index (χ4v) is 4.71. The Morgan fingerprint density at radius 3 is 2.51 bits per heavy atom. The number of hydrogen-bond donors (Lipinski definition) is 2. The zero-order valence-electron chi connectivity index (χ0n) is 19.2. The smallest absolute Gasteiger partial charge is 0.314 e. The lowest BCUT2D eigenvalue weighted by Crippen LogP contribution is -2.38. The van der Waals surface area contributed by atoms with Gasteiger partial charge in [-0.15, -0.1) is 0 Å². The molecule has 9 nitrogen and oxygen atoms in total. The van der Waals surface area contributed by atoms with E-state index in [-0.39, 0.29) is 29.2 Å². The minimum Gasteiger partial charge on any atom is -0.466 e. The van der Waals surface area contributed by atoms with Crippen molar-refractivity contribution in [2.75, 3.05) is 6.61 Å². The molecule has 35 heavy (non-hydrogen) atoms. The molecule has 10 heteroatoms. The number of aromatic nitrogens is 3. The fraction of sp³-hybridized carbons (Fsp3) is 0.280. The van der Waals surface area contributed by atoms with Crippen LogP contribution in [0.5, 0.6) is 0 Å². The first-order chi connectivity index (χ1) is 16.9. The van der Waals surface area contributed by atoms with Crippen LogP contribution in [0.15, 0.2) is 64.4 Å². The molecule has 0 saturated carbocycles. The molecule has 4 aromatic rings. The number of carbonyl (C=O) groups excluding carboxylic acids is 1. The molecule has 1 fully saturated rings. The normalized spacial score (nSPS) is 19.9. The van der Waals surface area contributed by atoms with Gasteiger partial charge in [0.25, 0.3) is 11.1 Å². The van der Waals surface area contributed by atoms with Gasteiger partial charge in [0.15, 0.2) is 0 Å². The summed E-state index contributed by atoms with van der Waals surface area (Å²) in [5.41, 5.74) is 7.18. The zero-order valence-corrected chi connectivity index (χ0v) is 20.0. The third-order valence-corrected chi connectivity index (χ3v) is 6.71. The molecule has 0 aliphatic carbocycles. The number of fused-ring (bicyclic) bond motifs is 2. The van der Waals surface area contributed by atoms with E-state index >= 15 is 0 Å². The zero-order chi connectivity index (χ0) is 24.7. The van der Waals surface area contributed by atoms with Crippen LogP contribution in [-0.4, -0.2) is 32.7 Å². The van der Waals surface area contributed by atoms with Crippen molar-refractivity contribution in [3.8, 4) is 0 Å². The fourth-order valence-electron chi connectivity index (χ4n) is 4.52. The van der Waals surface area contributed by atoms with Gasteiger partial charge in [0.05, 0.1) is 35.0 Å². The number of hydrogen-bond acceptors (Lipinski definition) is 7. The summed E-state index contributed by atoms with van der Waals surface area (Å²) in [7, 11) is 0. The van der Waals surface area contributed by atoms with E-state index in [1.807, 2.05) is 25.1 Å². The second-order valence-electron chi connectivity index (χ2n) is 8.52. The van der Waals surface area contributed by atoms with Crippen molar-refractivity contribution >= 4 is 39.4 Å². The van der Waals surface area contributed by atoms with Crippen LogP contribution in [0.2, 0.25) is 5.02 Å². The van der Waals surface area contributed by atoms with Gasteiger partial charge in [0, 0.05) is 23.5 Å². The van der Waals surface area contributed by atoms with Crippen LogP contribution in [0, 0.1) is 5.92 Å². The van der Waals surface area contributed by atoms with Crippen molar-refractivity contribution in [1.29, 1.82) is 0 Å². The summed E-state index contributed by atoms with van der Waals surface area (Å²) in [6, 6.07) is 12.1. The first-order valence-corrected chi connectivity index (χ1v) is 11.7. The minimum atomic E-state index is -0.649. The van der Waals surface area contributed by atoms with Crippen LogP contribution in [0.3, 0.4) is 0 Å². The molecule has 180 valence electrons. The Morgan fingerprint density at radius 2 is 1.77 bits per heavy atom. The summed E-state index contributed by atoms with van der Waals surface area (Å²) >= 11 is 6.27. The van der Waals surface area contributed by atoms with E-state index in [2.05, 4.69) is 15.8 Å². The quantitative estimate of drug-likeness (QED) is 0.325. The highest BCUT2D eigenvalue weighted by Crippen LogP contribution is 2.25. The predicted octanol–water partition coefficient (Wildman–Crippen LogP) is 2.59. The van der Waals surface area contributed by atoms with Crippen LogP contribution >= 0.6 is 11.6 Å². The Morgan fingerprint density at radius 1 is 1.06 bits per heavy atom. The number of pyridine rings is 3. The molecule has 0 amide bonds. The molecular formula is C25H24ClN5O4. The maximum atomic E-state index is 13.5. The topological polar surface area (TPSA) is 107 Å². The largest absolute Gasteiger partial charge is 0.466 e. The second-order valence-corrected chi connectivity index (χ2v) is 8.93. The van der Waals surface area contributed by atoms with E-state index in [9.17, 15) is 14.4 Å². The Kier molecular flexibility index (Phi) is 6.14. The molecular weight excluding hydrogens is 470 g/mol. The number of hydrazine groups is 1. The Hall–Kier alpha value is -3.53. The van der Waals surface area contributed by atoms with Gasteiger partial charge in [-0.05, 0) is 43.7 Å². The van der Waals surface area contributed by atoms with Gasteiger partial charge >= 0.3 is 5.97 Å². The number of ether oxygens (including phenoxy) is 1. The third kappa shape index (κ3) is 4.12. The molecule has 0 spiro atoms. The van der Waals surface area contributed by atoms with Crippen molar-refractivity contribution < 1.29 is 9.53 Å². The molecule has 2 N–H and O–H groups in total. The number of nitrogens with zero attached hydrogens (tertiary/aromatic N) is 3. The lowest BCUT2D eigenvalue weighted by Gasteiger charge is -2.21. The average molecular weight is 494 g/mol. The molecule has 1 aliphatic rings. The Balaban J connectivity index is 1.60. The number of nitrogens with one attached hydrogen (secondary N) is 2. The molecule has 0 bridgehead atoms. The maximum absolute atomic E-state index is 13.5. The summed E-state index contributed by atoms with van der Waals surface area (Å²) in [4.78, 5) is 43.9. The molecule has 1 saturated heterocycles. The van der Waals surface area contributed by atoms with Gasteiger partial charge in [-0.3, -0.25) is 24.4 Å². The van der Waals surface area contributed by atoms with Crippen molar-refractivity contribution in [2.45, 2.75) is 32.6 Å². The van der Waals surface area contributed by atoms with Crippen LogP contribution in [0.4, 0.5) is 0 Å². The molecule has 1 aliphatic heterocycles. The molecule has 3 aromatic heterocycles. The number of rotatable bonds is 5. The van der Waals surface area contributed by atoms with Crippen molar-refractivity contribution in [1.82, 2.24) is 25.0 Å². The maximum Gasteiger partial charge on any atom is 0.314 e. The van der Waals surface area contributed by atoms with Crippen LogP contribution in [0.25, 0.3) is 21.8 Å².